The Kier molecular flexibility index (Phi) is 69.0. The molecule has 32 heteroatoms. The molecule has 0 radical (unpaired) electrons. The summed E-state index contributed by atoms with van der Waals surface area (Å²) in [5, 5.41) is 114. The maximum atomic E-state index is 11.1. The topological polar surface area (TPSA) is 612 Å². The maximum Gasteiger partial charge on any atom is 0.519 e. The van der Waals surface area contributed by atoms with Crippen LogP contribution in [-0.4, -0.2) is 181 Å². The zero-order chi connectivity index (χ0) is 61.6. The summed E-state index contributed by atoms with van der Waals surface area (Å²) in [5.74, 6) is -18.2. The van der Waals surface area contributed by atoms with E-state index in [1.54, 1.807) is 20.8 Å². The van der Waals surface area contributed by atoms with Crippen LogP contribution in [0, 0.1) is 17.3 Å². The van der Waals surface area contributed by atoms with Crippen molar-refractivity contribution in [3.8, 4) is 0 Å². The van der Waals surface area contributed by atoms with Crippen LogP contribution in [0.2, 0.25) is 0 Å². The van der Waals surface area contributed by atoms with Crippen LogP contribution in [0.1, 0.15) is 126 Å². The Morgan fingerprint density at radius 2 is 0.803 bits per heavy atom. The highest BCUT2D eigenvalue weighted by Crippen LogP contribution is 2.34. The fourth-order valence-electron chi connectivity index (χ4n) is 2.95. The lowest BCUT2D eigenvalue weighted by molar-refractivity contribution is -0.161. The molecule has 3 unspecified atom stereocenters. The fourth-order valence-corrected chi connectivity index (χ4v) is 2.95. The van der Waals surface area contributed by atoms with Crippen LogP contribution in [0.4, 0.5) is 0 Å². The summed E-state index contributed by atoms with van der Waals surface area (Å²) < 4.78 is 4.08. The Morgan fingerprint density at radius 3 is 0.895 bits per heavy atom. The van der Waals surface area contributed by atoms with Crippen molar-refractivity contribution in [1.29, 1.82) is 0 Å². The minimum absolute atomic E-state index is 0. The maximum absolute atomic E-state index is 11.1. The minimum atomic E-state index is -1.83. The highest BCUT2D eigenvalue weighted by molar-refractivity contribution is 6.05. The summed E-state index contributed by atoms with van der Waals surface area (Å²) in [5.41, 5.74) is -1.83. The lowest BCUT2D eigenvalue weighted by atomic mass is 9.74. The number of ether oxygens (including phenoxy) is 1. The van der Waals surface area contributed by atoms with Crippen molar-refractivity contribution in [3.63, 3.8) is 0 Å². The van der Waals surface area contributed by atoms with Gasteiger partial charge in [0.05, 0.1) is 48.0 Å². The molecule has 0 aromatic heterocycles. The van der Waals surface area contributed by atoms with Crippen molar-refractivity contribution in [1.82, 2.24) is 0 Å². The molecule has 0 aliphatic carbocycles. The third-order valence-corrected chi connectivity index (χ3v) is 6.65. The molecule has 0 spiro atoms. The Bertz CT molecular complexity index is 1760. The number of hydrogen-bond acceptors (Lipinski definition) is 14. The second-order valence-corrected chi connectivity index (χ2v) is 13.5. The van der Waals surface area contributed by atoms with Gasteiger partial charge in [-0.25, -0.2) is 19.1 Å². The number of rotatable bonds is 21. The number of carbonyl (C=O) groups is 13. The molecule has 20 N–H and O–H groups in total. The number of esters is 2. The first-order chi connectivity index (χ1) is 34.2. The van der Waals surface area contributed by atoms with Gasteiger partial charge in [-0.2, -0.15) is 0 Å². The molecule has 1 heterocycles. The van der Waals surface area contributed by atoms with Crippen LogP contribution in [0.3, 0.4) is 0 Å². The van der Waals surface area contributed by atoms with Crippen molar-refractivity contribution in [2.24, 2.45) is 17.3 Å². The Labute approximate surface area is 433 Å². The zero-order valence-corrected chi connectivity index (χ0v) is 42.8. The van der Waals surface area contributed by atoms with Gasteiger partial charge in [-0.05, 0) is 32.6 Å². The van der Waals surface area contributed by atoms with E-state index in [4.69, 9.17) is 85.9 Å². The normalized spacial score (nSPS) is 11.3. The molecule has 1 aliphatic heterocycles. The third kappa shape index (κ3) is 94.7. The van der Waals surface area contributed by atoms with Gasteiger partial charge in [0.1, 0.15) is 0 Å². The van der Waals surface area contributed by atoms with Gasteiger partial charge < -0.3 is 91.4 Å². The molecule has 0 bridgehead atoms. The SMILES string of the molecule is CC(C(=O)O)C(CC(C)(CC(=O)O)C(=O)O)C(=O)O.CCC(=O)O.CCC(=O)O.CCC(=O)O.CCCC(=O)O.CCCC(=O)O.CCCC(=O)O.O=C(O)/C=C\C(O)=[OH+].O=C(O)/C=C\C(O)=[OH+].O=C1C=CC(=[OH+])O1.[OH3+]. The fraction of sp³-hybridized carbons (Fsp3) is 0.500. The van der Waals surface area contributed by atoms with E-state index in [1.807, 2.05) is 20.8 Å². The van der Waals surface area contributed by atoms with Gasteiger partial charge in [-0.3, -0.25) is 47.9 Å². The average molecular weight is 1120 g/mol. The molecule has 0 saturated heterocycles. The molecule has 3 atom stereocenters. The molecule has 0 aromatic rings. The molecule has 1 aliphatic rings. The molecule has 0 amide bonds. The van der Waals surface area contributed by atoms with Gasteiger partial charge in [0, 0.05) is 50.7 Å². The van der Waals surface area contributed by atoms with Gasteiger partial charge in [-0.1, -0.05) is 48.5 Å². The van der Waals surface area contributed by atoms with Gasteiger partial charge in [-0.15, -0.1) is 0 Å². The average Bonchev–Trinajstić information content (AvgIpc) is 3.66. The number of carboxylic acids is 14. The second-order valence-electron chi connectivity index (χ2n) is 13.5. The quantitative estimate of drug-likeness (QED) is 0.0340. The van der Waals surface area contributed by atoms with E-state index < -0.39 is 120 Å². The van der Waals surface area contributed by atoms with Crippen molar-refractivity contribution >= 4 is 95.5 Å². The molecular formula is C44H74O32+4. The molecule has 0 aromatic carbocycles. The molecule has 438 valence electrons. The second kappa shape index (κ2) is 58.5. The van der Waals surface area contributed by atoms with Crippen molar-refractivity contribution in [3.05, 3.63) is 36.5 Å². The van der Waals surface area contributed by atoms with Gasteiger partial charge in [0.25, 0.3) is 0 Å². The highest BCUT2D eigenvalue weighted by atomic mass is 16.6. The Morgan fingerprint density at radius 1 is 0.513 bits per heavy atom. The predicted molar refractivity (Wildman–Crippen MR) is 262 cm³/mol. The van der Waals surface area contributed by atoms with E-state index in [0.29, 0.717) is 43.6 Å². The minimum Gasteiger partial charge on any atom is -0.481 e. The number of aliphatic carboxylic acids is 14. The van der Waals surface area contributed by atoms with E-state index in [1.165, 1.54) is 6.08 Å². The molecular weight excluding hydrogens is 1040 g/mol. The number of aliphatic hydroxyl groups excluding tert-OH is 2. The monoisotopic (exact) mass is 1110 g/mol. The summed E-state index contributed by atoms with van der Waals surface area (Å²) in [6, 6.07) is 0. The van der Waals surface area contributed by atoms with E-state index in [2.05, 4.69) is 4.74 Å². The summed E-state index contributed by atoms with van der Waals surface area (Å²) in [7, 11) is 0. The predicted octanol–water partition coefficient (Wildman–Crippen LogP) is 2.48. The number of hydrogen-bond donors (Lipinski definition) is 14. The van der Waals surface area contributed by atoms with Crippen LogP contribution in [0.15, 0.2) is 36.5 Å². The highest BCUT2D eigenvalue weighted by Gasteiger charge is 2.43. The van der Waals surface area contributed by atoms with E-state index in [-0.39, 0.29) is 30.7 Å². The first-order valence-electron chi connectivity index (χ1n) is 21.2. The van der Waals surface area contributed by atoms with Gasteiger partial charge in [0.15, 0.2) is 0 Å². The first-order valence-corrected chi connectivity index (χ1v) is 21.2. The van der Waals surface area contributed by atoms with Crippen LogP contribution in [0.5, 0.6) is 0 Å². The molecule has 0 fully saturated rings. The van der Waals surface area contributed by atoms with Crippen LogP contribution < -0.4 is 0 Å². The largest absolute Gasteiger partial charge is 0.519 e. The zero-order valence-electron chi connectivity index (χ0n) is 42.8. The number of cyclic esters (lactones) is 2. The van der Waals surface area contributed by atoms with E-state index in [9.17, 15) is 62.3 Å². The van der Waals surface area contributed by atoms with Gasteiger partial charge in [0.2, 0.25) is 0 Å². The standard InChI is InChI=1S/C11H16O8.2C4H4O4.C4H2O3.3C4H8O2.3C3H6O2.H2O/c1-5(8(14)15)6(9(16)17)3-11(2,10(18)19)4-7(12)13;2*5-3(6)1-2-4(7)8;5-3-1-2-4(6)7-3;3*1-2-3-4(5)6;3*1-2-3(4)5;/h5-6H,3-4H2,1-2H3,(H,12,13)(H,14,15)(H,16,17)(H,18,19);2*1-2H,(H,5,6)(H,7,8);1-2H;3*2-3H2,1H3,(H,5,6);3*2H2,1H3,(H,4,5);1H2/p+4/b;2*2-1-;;;;;;;;. The number of carboxylic acid groups (broad SMARTS) is 14. The van der Waals surface area contributed by atoms with E-state index >= 15 is 0 Å². The molecule has 76 heavy (non-hydrogen) atoms. The summed E-state index contributed by atoms with van der Waals surface area (Å²) in [6.07, 6.45) is 7.31. The van der Waals surface area contributed by atoms with Crippen molar-refractivity contribution < 1.29 is 158 Å². The van der Waals surface area contributed by atoms with Crippen molar-refractivity contribution in [2.45, 2.75) is 126 Å². The first kappa shape index (κ1) is 89.7. The summed E-state index contributed by atoms with van der Waals surface area (Å²) in [4.78, 5) is 154. The molecule has 1 rings (SSSR count). The summed E-state index contributed by atoms with van der Waals surface area (Å²) in [6.45, 7) is 12.6. The van der Waals surface area contributed by atoms with Crippen LogP contribution in [-0.2, 0) is 72.5 Å². The van der Waals surface area contributed by atoms with Crippen LogP contribution >= 0.6 is 0 Å². The Balaban J connectivity index is -0.0000000830. The van der Waals surface area contributed by atoms with Crippen LogP contribution in [0.25, 0.3) is 0 Å². The lowest BCUT2D eigenvalue weighted by Crippen LogP contribution is -2.38. The Hall–Kier alpha value is -9.10. The molecule has 0 saturated carbocycles. The lowest BCUT2D eigenvalue weighted by Gasteiger charge is -2.27. The summed E-state index contributed by atoms with van der Waals surface area (Å²) >= 11 is 0. The molecule has 32 nitrogen and oxygen atoms in total. The third-order valence-electron chi connectivity index (χ3n) is 6.65. The van der Waals surface area contributed by atoms with Gasteiger partial charge >= 0.3 is 95.5 Å². The smallest absolute Gasteiger partial charge is 0.481 e. The van der Waals surface area contributed by atoms with E-state index in [0.717, 1.165) is 39.2 Å². The number of carbonyl (C=O) groups excluding carboxylic acids is 2. The van der Waals surface area contributed by atoms with Crippen molar-refractivity contribution in [2.75, 3.05) is 0 Å².